The predicted molar refractivity (Wildman–Crippen MR) is 79.4 cm³/mol. The number of nitrogens with zero attached hydrogens (tertiary/aromatic N) is 1. The molecule has 0 spiro atoms. The van der Waals surface area contributed by atoms with Gasteiger partial charge in [-0.15, -0.1) is 0 Å². The first kappa shape index (κ1) is 14.2. The van der Waals surface area contributed by atoms with Gasteiger partial charge < -0.3 is 4.90 Å². The lowest BCUT2D eigenvalue weighted by atomic mass is 10.2. The number of benzene rings is 1. The first-order valence-corrected chi connectivity index (χ1v) is 6.57. The van der Waals surface area contributed by atoms with Crippen molar-refractivity contribution in [1.82, 2.24) is 0 Å². The summed E-state index contributed by atoms with van der Waals surface area (Å²) in [6.45, 7) is 4.04. The first-order valence-electron chi connectivity index (χ1n) is 5.39. The average molecular weight is 313 g/mol. The van der Waals surface area contributed by atoms with Crippen molar-refractivity contribution in [2.24, 2.45) is 0 Å². The van der Waals surface area contributed by atoms with Crippen LogP contribution in [-0.2, 0) is 0 Å². The molecule has 0 aromatic heterocycles. The van der Waals surface area contributed by atoms with E-state index in [2.05, 4.69) is 27.8 Å². The molecule has 0 heterocycles. The molecule has 0 atom stereocenters. The Morgan fingerprint density at radius 2 is 2.24 bits per heavy atom. The summed E-state index contributed by atoms with van der Waals surface area (Å²) in [7, 11) is 1.99. The highest BCUT2D eigenvalue weighted by molar-refractivity contribution is 9.10. The molecule has 1 rings (SSSR count). The molecule has 90 valence electrons. The van der Waals surface area contributed by atoms with Crippen molar-refractivity contribution in [3.05, 3.63) is 39.5 Å². The molecule has 0 aliphatic rings. The zero-order chi connectivity index (χ0) is 12.8. The largest absolute Gasteiger partial charge is 0.349 e. The Kier molecular flexibility index (Phi) is 5.61. The summed E-state index contributed by atoms with van der Waals surface area (Å²) in [5.41, 5.74) is 2.10. The van der Waals surface area contributed by atoms with Crippen molar-refractivity contribution in [2.45, 2.75) is 20.3 Å². The molecule has 1 aromatic rings. The van der Waals surface area contributed by atoms with E-state index < -0.39 is 0 Å². The van der Waals surface area contributed by atoms with Crippen molar-refractivity contribution in [3.63, 3.8) is 0 Å². The highest BCUT2D eigenvalue weighted by Gasteiger charge is 2.04. The molecule has 0 aliphatic heterocycles. The number of allylic oxidation sites excluding steroid dienone is 1. The van der Waals surface area contributed by atoms with Crippen LogP contribution in [0.5, 0.6) is 0 Å². The average Bonchev–Trinajstić information content (AvgIpc) is 2.26. The Bertz CT molecular complexity index is 483. The third-order valence-corrected chi connectivity index (χ3v) is 3.01. The van der Waals surface area contributed by atoms with Crippen LogP contribution >= 0.6 is 27.5 Å². The number of hydrogen-bond acceptors (Lipinski definition) is 1. The molecule has 3 heteroatoms. The number of halogens is 2. The number of anilines is 1. The summed E-state index contributed by atoms with van der Waals surface area (Å²) in [5, 5.41) is 0.723. The standard InChI is InChI=1S/C14H15BrClN/c1-4-5-6-11(2)10-17(3)14-8-7-12(16)9-13(14)15/h7-10H,4H2,1-3H3/b11-10-. The minimum absolute atomic E-state index is 0.723. The summed E-state index contributed by atoms with van der Waals surface area (Å²) in [6, 6.07) is 5.73. The van der Waals surface area contributed by atoms with Crippen LogP contribution in [0.4, 0.5) is 5.69 Å². The molecule has 0 saturated heterocycles. The molecular formula is C14H15BrClN. The maximum atomic E-state index is 5.91. The molecule has 0 bridgehead atoms. The molecule has 0 saturated carbocycles. The molecule has 0 unspecified atom stereocenters. The van der Waals surface area contributed by atoms with Gasteiger partial charge in [0.25, 0.3) is 0 Å². The van der Waals surface area contributed by atoms with Gasteiger partial charge in [0.15, 0.2) is 0 Å². The second-order valence-corrected chi connectivity index (χ2v) is 4.96. The number of rotatable bonds is 2. The Morgan fingerprint density at radius 1 is 1.53 bits per heavy atom. The first-order chi connectivity index (χ1) is 8.04. The fourth-order valence-electron chi connectivity index (χ4n) is 1.39. The third-order valence-electron chi connectivity index (χ3n) is 2.14. The van der Waals surface area contributed by atoms with Gasteiger partial charge in [0.1, 0.15) is 0 Å². The van der Waals surface area contributed by atoms with E-state index >= 15 is 0 Å². The quantitative estimate of drug-likeness (QED) is 0.705. The van der Waals surface area contributed by atoms with Crippen molar-refractivity contribution in [2.75, 3.05) is 11.9 Å². The van der Waals surface area contributed by atoms with Crippen LogP contribution in [-0.4, -0.2) is 7.05 Å². The van der Waals surface area contributed by atoms with E-state index in [1.165, 1.54) is 0 Å². The lowest BCUT2D eigenvalue weighted by Crippen LogP contribution is -2.09. The molecular weight excluding hydrogens is 298 g/mol. The smallest absolute Gasteiger partial charge is 0.0549 e. The molecule has 0 radical (unpaired) electrons. The second-order valence-electron chi connectivity index (χ2n) is 3.67. The van der Waals surface area contributed by atoms with Crippen LogP contribution in [0.25, 0.3) is 0 Å². The second kappa shape index (κ2) is 6.74. The van der Waals surface area contributed by atoms with Crippen LogP contribution in [0.1, 0.15) is 20.3 Å². The van der Waals surface area contributed by atoms with E-state index in [-0.39, 0.29) is 0 Å². The van der Waals surface area contributed by atoms with Gasteiger partial charge in [-0.2, -0.15) is 0 Å². The van der Waals surface area contributed by atoms with Crippen LogP contribution in [0.3, 0.4) is 0 Å². The fraction of sp³-hybridized carbons (Fsp3) is 0.286. The van der Waals surface area contributed by atoms with Gasteiger partial charge in [-0.3, -0.25) is 0 Å². The summed E-state index contributed by atoms with van der Waals surface area (Å²) in [5.74, 6) is 6.14. The summed E-state index contributed by atoms with van der Waals surface area (Å²) in [6.07, 6.45) is 2.89. The fourth-order valence-corrected chi connectivity index (χ4v) is 2.35. The van der Waals surface area contributed by atoms with E-state index in [0.717, 1.165) is 27.2 Å². The predicted octanol–water partition coefficient (Wildman–Crippen LogP) is 4.86. The maximum absolute atomic E-state index is 5.91. The van der Waals surface area contributed by atoms with E-state index in [4.69, 9.17) is 11.6 Å². The topological polar surface area (TPSA) is 3.24 Å². The zero-order valence-corrected chi connectivity index (χ0v) is 12.6. The van der Waals surface area contributed by atoms with Gasteiger partial charge in [0, 0.05) is 34.7 Å². The van der Waals surface area contributed by atoms with Crippen molar-refractivity contribution >= 4 is 33.2 Å². The maximum Gasteiger partial charge on any atom is 0.0549 e. The summed E-state index contributed by atoms with van der Waals surface area (Å²) < 4.78 is 0.972. The summed E-state index contributed by atoms with van der Waals surface area (Å²) in [4.78, 5) is 2.03. The third kappa shape index (κ3) is 4.46. The van der Waals surface area contributed by atoms with Gasteiger partial charge in [-0.1, -0.05) is 30.4 Å². The Labute approximate surface area is 117 Å². The Balaban J connectivity index is 2.93. The highest BCUT2D eigenvalue weighted by Crippen LogP contribution is 2.28. The number of hydrogen-bond donors (Lipinski definition) is 0. The van der Waals surface area contributed by atoms with E-state index in [0.29, 0.717) is 0 Å². The Hall–Kier alpha value is -0.910. The van der Waals surface area contributed by atoms with E-state index in [1.807, 2.05) is 50.2 Å². The molecule has 17 heavy (non-hydrogen) atoms. The SMILES string of the molecule is CCC#C/C(C)=C\N(C)c1ccc(Cl)cc1Br. The van der Waals surface area contributed by atoms with Gasteiger partial charge in [-0.25, -0.2) is 0 Å². The minimum Gasteiger partial charge on any atom is -0.349 e. The van der Waals surface area contributed by atoms with Crippen LogP contribution in [0.15, 0.2) is 34.4 Å². The highest BCUT2D eigenvalue weighted by atomic mass is 79.9. The van der Waals surface area contributed by atoms with Crippen molar-refractivity contribution in [1.29, 1.82) is 0 Å². The van der Waals surface area contributed by atoms with Gasteiger partial charge in [-0.05, 0) is 41.1 Å². The van der Waals surface area contributed by atoms with E-state index in [1.54, 1.807) is 0 Å². The van der Waals surface area contributed by atoms with Gasteiger partial charge >= 0.3 is 0 Å². The lowest BCUT2D eigenvalue weighted by molar-refractivity contribution is 1.18. The van der Waals surface area contributed by atoms with Crippen molar-refractivity contribution < 1.29 is 0 Å². The molecule has 1 nitrogen and oxygen atoms in total. The lowest BCUT2D eigenvalue weighted by Gasteiger charge is -2.16. The molecule has 0 fully saturated rings. The van der Waals surface area contributed by atoms with Crippen LogP contribution in [0, 0.1) is 11.8 Å². The van der Waals surface area contributed by atoms with Crippen LogP contribution in [0.2, 0.25) is 5.02 Å². The minimum atomic E-state index is 0.723. The monoisotopic (exact) mass is 311 g/mol. The van der Waals surface area contributed by atoms with Gasteiger partial charge in [0.05, 0.1) is 5.69 Å². The normalized spacial score (nSPS) is 10.8. The van der Waals surface area contributed by atoms with Crippen molar-refractivity contribution in [3.8, 4) is 11.8 Å². The zero-order valence-electron chi connectivity index (χ0n) is 10.2. The molecule has 1 aromatic carbocycles. The molecule has 0 N–H and O–H groups in total. The van der Waals surface area contributed by atoms with Crippen LogP contribution < -0.4 is 4.90 Å². The Morgan fingerprint density at radius 3 is 2.82 bits per heavy atom. The molecule has 0 aliphatic carbocycles. The molecule has 0 amide bonds. The summed E-state index contributed by atoms with van der Waals surface area (Å²) >= 11 is 9.41. The van der Waals surface area contributed by atoms with E-state index in [9.17, 15) is 0 Å². The van der Waals surface area contributed by atoms with Gasteiger partial charge in [0.2, 0.25) is 0 Å².